The van der Waals surface area contributed by atoms with Gasteiger partial charge in [0.1, 0.15) is 0 Å². The fourth-order valence-electron chi connectivity index (χ4n) is 2.81. The highest BCUT2D eigenvalue weighted by atomic mass is 16.3. The topological polar surface area (TPSA) is 35.5 Å². The van der Waals surface area contributed by atoms with E-state index >= 15 is 0 Å². The molecule has 2 N–H and O–H groups in total. The Bertz CT molecular complexity index is 206. The first-order valence-electron chi connectivity index (χ1n) is 6.79. The van der Waals surface area contributed by atoms with Gasteiger partial charge in [0.25, 0.3) is 0 Å². The van der Waals surface area contributed by atoms with Gasteiger partial charge >= 0.3 is 0 Å². The van der Waals surface area contributed by atoms with Gasteiger partial charge in [-0.3, -0.25) is 4.90 Å². The predicted octanol–water partition coefficient (Wildman–Crippen LogP) is 1.08. The highest BCUT2D eigenvalue weighted by Crippen LogP contribution is 2.33. The second-order valence-electron chi connectivity index (χ2n) is 5.80. The monoisotopic (exact) mass is 226 g/mol. The van der Waals surface area contributed by atoms with Gasteiger partial charge in [-0.05, 0) is 31.1 Å². The lowest BCUT2D eigenvalue weighted by molar-refractivity contribution is 0.107. The lowest BCUT2D eigenvalue weighted by Gasteiger charge is -2.40. The summed E-state index contributed by atoms with van der Waals surface area (Å²) in [6, 6.07) is 1.47. The zero-order chi connectivity index (χ0) is 11.5. The fourth-order valence-corrected chi connectivity index (χ4v) is 2.81. The minimum Gasteiger partial charge on any atom is -0.395 e. The summed E-state index contributed by atoms with van der Waals surface area (Å²) in [6.45, 7) is 8.15. The Morgan fingerprint density at radius 2 is 2.06 bits per heavy atom. The molecule has 0 aromatic heterocycles. The Balaban J connectivity index is 1.87. The molecule has 0 amide bonds. The molecule has 0 radical (unpaired) electrons. The molecule has 1 saturated carbocycles. The highest BCUT2D eigenvalue weighted by molar-refractivity contribution is 4.92. The zero-order valence-electron chi connectivity index (χ0n) is 10.7. The maximum atomic E-state index is 8.88. The number of likely N-dealkylation sites (tertiary alicyclic amines) is 1. The van der Waals surface area contributed by atoms with E-state index in [1.54, 1.807) is 0 Å². The van der Waals surface area contributed by atoms with Crippen LogP contribution in [0.25, 0.3) is 0 Å². The molecule has 2 aliphatic rings. The molecule has 0 bridgehead atoms. The van der Waals surface area contributed by atoms with Crippen molar-refractivity contribution >= 4 is 0 Å². The van der Waals surface area contributed by atoms with E-state index in [2.05, 4.69) is 24.1 Å². The van der Waals surface area contributed by atoms with E-state index in [4.69, 9.17) is 5.11 Å². The summed E-state index contributed by atoms with van der Waals surface area (Å²) >= 11 is 0. The standard InChI is InChI=1S/C13H26N2O/c1-10(2)11-7-12(14-5-6-16)9-15(8-11)13-3-4-13/h10-14,16H,3-9H2,1-2H3. The van der Waals surface area contributed by atoms with E-state index in [0.29, 0.717) is 6.04 Å². The average Bonchev–Trinajstić information content (AvgIpc) is 3.09. The van der Waals surface area contributed by atoms with Crippen molar-refractivity contribution in [1.29, 1.82) is 0 Å². The number of hydrogen-bond donors (Lipinski definition) is 2. The molecule has 94 valence electrons. The normalized spacial score (nSPS) is 32.2. The van der Waals surface area contributed by atoms with Gasteiger partial charge in [-0.25, -0.2) is 0 Å². The third-order valence-electron chi connectivity index (χ3n) is 4.06. The largest absolute Gasteiger partial charge is 0.395 e. The van der Waals surface area contributed by atoms with E-state index in [9.17, 15) is 0 Å². The minimum atomic E-state index is 0.256. The third-order valence-corrected chi connectivity index (χ3v) is 4.06. The first-order chi connectivity index (χ1) is 7.70. The summed E-state index contributed by atoms with van der Waals surface area (Å²) < 4.78 is 0. The van der Waals surface area contributed by atoms with Gasteiger partial charge < -0.3 is 10.4 Å². The summed E-state index contributed by atoms with van der Waals surface area (Å²) in [6.07, 6.45) is 4.08. The number of nitrogens with zero attached hydrogens (tertiary/aromatic N) is 1. The Morgan fingerprint density at radius 3 is 2.62 bits per heavy atom. The van der Waals surface area contributed by atoms with Crippen LogP contribution in [0.5, 0.6) is 0 Å². The second kappa shape index (κ2) is 5.48. The summed E-state index contributed by atoms with van der Waals surface area (Å²) in [4.78, 5) is 2.67. The molecule has 0 spiro atoms. The molecule has 1 saturated heterocycles. The van der Waals surface area contributed by atoms with Gasteiger partial charge in [-0.1, -0.05) is 13.8 Å². The van der Waals surface area contributed by atoms with Crippen molar-refractivity contribution in [3.63, 3.8) is 0 Å². The molecule has 2 unspecified atom stereocenters. The predicted molar refractivity (Wildman–Crippen MR) is 66.4 cm³/mol. The average molecular weight is 226 g/mol. The van der Waals surface area contributed by atoms with Crippen molar-refractivity contribution < 1.29 is 5.11 Å². The molecule has 3 nitrogen and oxygen atoms in total. The van der Waals surface area contributed by atoms with E-state index < -0.39 is 0 Å². The molecule has 0 aromatic rings. The molecule has 2 fully saturated rings. The number of aliphatic hydroxyl groups is 1. The number of piperidine rings is 1. The molecule has 16 heavy (non-hydrogen) atoms. The number of aliphatic hydroxyl groups excluding tert-OH is 1. The van der Waals surface area contributed by atoms with Crippen molar-refractivity contribution in [3.8, 4) is 0 Å². The van der Waals surface area contributed by atoms with Gasteiger partial charge in [0.2, 0.25) is 0 Å². The number of rotatable bonds is 5. The van der Waals surface area contributed by atoms with Gasteiger partial charge in [0.15, 0.2) is 0 Å². The number of hydrogen-bond acceptors (Lipinski definition) is 3. The molecular formula is C13H26N2O. The van der Waals surface area contributed by atoms with Crippen LogP contribution in [-0.4, -0.2) is 48.3 Å². The van der Waals surface area contributed by atoms with Crippen LogP contribution in [-0.2, 0) is 0 Å². The summed E-state index contributed by atoms with van der Waals surface area (Å²) in [5.74, 6) is 1.60. The van der Waals surface area contributed by atoms with Crippen LogP contribution in [0.1, 0.15) is 33.1 Å². The molecule has 2 atom stereocenters. The Labute approximate surface area is 99.2 Å². The van der Waals surface area contributed by atoms with Crippen molar-refractivity contribution in [3.05, 3.63) is 0 Å². The second-order valence-corrected chi connectivity index (χ2v) is 5.80. The van der Waals surface area contributed by atoms with Crippen LogP contribution in [0.4, 0.5) is 0 Å². The summed E-state index contributed by atoms with van der Waals surface area (Å²) in [5.41, 5.74) is 0. The Hall–Kier alpha value is -0.120. The molecule has 2 rings (SSSR count). The van der Waals surface area contributed by atoms with E-state index in [-0.39, 0.29) is 6.61 Å². The smallest absolute Gasteiger partial charge is 0.0556 e. The molecule has 1 heterocycles. The van der Waals surface area contributed by atoms with Crippen LogP contribution in [0.2, 0.25) is 0 Å². The van der Waals surface area contributed by atoms with Crippen molar-refractivity contribution in [2.24, 2.45) is 11.8 Å². The number of nitrogens with one attached hydrogen (secondary N) is 1. The van der Waals surface area contributed by atoms with Gasteiger partial charge in [0.05, 0.1) is 6.61 Å². The highest BCUT2D eigenvalue weighted by Gasteiger charge is 2.36. The summed E-state index contributed by atoms with van der Waals surface area (Å²) in [5, 5.41) is 12.4. The molecular weight excluding hydrogens is 200 g/mol. The molecule has 3 heteroatoms. The van der Waals surface area contributed by atoms with Crippen molar-refractivity contribution in [1.82, 2.24) is 10.2 Å². The van der Waals surface area contributed by atoms with Crippen molar-refractivity contribution in [2.45, 2.75) is 45.2 Å². The zero-order valence-corrected chi connectivity index (χ0v) is 10.7. The van der Waals surface area contributed by atoms with Gasteiger partial charge in [-0.15, -0.1) is 0 Å². The maximum Gasteiger partial charge on any atom is 0.0556 e. The maximum absolute atomic E-state index is 8.88. The van der Waals surface area contributed by atoms with Crippen LogP contribution in [0.15, 0.2) is 0 Å². The summed E-state index contributed by atoms with van der Waals surface area (Å²) in [7, 11) is 0. The Kier molecular flexibility index (Phi) is 4.22. The van der Waals surface area contributed by atoms with Crippen molar-refractivity contribution in [2.75, 3.05) is 26.2 Å². The van der Waals surface area contributed by atoms with Crippen LogP contribution in [0, 0.1) is 11.8 Å². The first kappa shape index (κ1) is 12.3. The Morgan fingerprint density at radius 1 is 1.31 bits per heavy atom. The molecule has 1 aliphatic carbocycles. The van der Waals surface area contributed by atoms with Crippen LogP contribution < -0.4 is 5.32 Å². The van der Waals surface area contributed by atoms with E-state index in [0.717, 1.165) is 24.4 Å². The van der Waals surface area contributed by atoms with Gasteiger partial charge in [-0.2, -0.15) is 0 Å². The van der Waals surface area contributed by atoms with Crippen LogP contribution >= 0.6 is 0 Å². The van der Waals surface area contributed by atoms with Crippen LogP contribution in [0.3, 0.4) is 0 Å². The SMILES string of the molecule is CC(C)C1CC(NCCO)CN(C2CC2)C1. The van der Waals surface area contributed by atoms with E-state index in [1.165, 1.54) is 32.4 Å². The van der Waals surface area contributed by atoms with Gasteiger partial charge in [0, 0.05) is 31.7 Å². The third kappa shape index (κ3) is 3.19. The van der Waals surface area contributed by atoms with E-state index in [1.807, 2.05) is 0 Å². The molecule has 1 aliphatic heterocycles. The lowest BCUT2D eigenvalue weighted by atomic mass is 9.85. The minimum absolute atomic E-state index is 0.256. The lowest BCUT2D eigenvalue weighted by Crippen LogP contribution is -2.51. The molecule has 0 aromatic carbocycles. The first-order valence-corrected chi connectivity index (χ1v) is 6.79. The fraction of sp³-hybridized carbons (Fsp3) is 1.00. The quantitative estimate of drug-likeness (QED) is 0.736.